The third-order valence-corrected chi connectivity index (χ3v) is 20.0. The van der Waals surface area contributed by atoms with Crippen LogP contribution in [-0.2, 0) is 44.9 Å². The molecule has 2 fully saturated rings. The number of H-pyrrole nitrogens is 2. The molecule has 2 aliphatic rings. The molecule has 0 saturated carbocycles. The van der Waals surface area contributed by atoms with Crippen LogP contribution in [0.2, 0.25) is 10.0 Å². The molecule has 7 aromatic carbocycles. The fourth-order valence-electron chi connectivity index (χ4n) is 11.5. The summed E-state index contributed by atoms with van der Waals surface area (Å²) in [5.41, 5.74) is 0.937. The van der Waals surface area contributed by atoms with Crippen molar-refractivity contribution in [2.45, 2.75) is 80.5 Å². The lowest BCUT2D eigenvalue weighted by molar-refractivity contribution is -0.0989. The topological polar surface area (TPSA) is 202 Å². The summed E-state index contributed by atoms with van der Waals surface area (Å²) in [6.07, 6.45) is -2.28. The molecule has 2 saturated heterocycles. The Morgan fingerprint density at radius 1 is 0.527 bits per heavy atom. The Balaban J connectivity index is 1.000. The second-order valence-electron chi connectivity index (χ2n) is 21.8. The predicted octanol–water partition coefficient (Wildman–Crippen LogP) is 12.6. The smallest absolute Gasteiger partial charge is 0.330 e. The molecule has 0 aliphatic carbocycles. The molecule has 0 amide bonds. The van der Waals surface area contributed by atoms with Crippen LogP contribution >= 0.6 is 42.2 Å². The first kappa shape index (κ1) is 64.7. The van der Waals surface area contributed by atoms with Crippen LogP contribution in [0.15, 0.2) is 207 Å². The Kier molecular flexibility index (Phi) is 20.5. The van der Waals surface area contributed by atoms with Crippen LogP contribution < -0.4 is 41.4 Å². The van der Waals surface area contributed by atoms with Gasteiger partial charge >= 0.3 is 11.4 Å². The number of nitrogens with zero attached hydrogens (tertiary/aromatic N) is 2. The monoisotopic (exact) mass is 1310 g/mol. The highest BCUT2D eigenvalue weighted by Crippen LogP contribution is 2.58. The maximum absolute atomic E-state index is 13.8. The maximum atomic E-state index is 13.8. The van der Waals surface area contributed by atoms with Gasteiger partial charge in [-0.2, -0.15) is 0 Å². The van der Waals surface area contributed by atoms with Gasteiger partial charge in [0, 0.05) is 52.2 Å². The molecule has 2 aliphatic heterocycles. The molecule has 4 heterocycles. The minimum atomic E-state index is -2.09. The Hall–Kier alpha value is -7.78. The van der Waals surface area contributed by atoms with E-state index in [0.29, 0.717) is 44.2 Å². The third kappa shape index (κ3) is 14.0. The summed E-state index contributed by atoms with van der Waals surface area (Å²) in [5, 5.41) is 0.889. The van der Waals surface area contributed by atoms with E-state index in [9.17, 15) is 19.2 Å². The quantitative estimate of drug-likeness (QED) is 0.0404. The first-order chi connectivity index (χ1) is 44.1. The van der Waals surface area contributed by atoms with Gasteiger partial charge in [0.2, 0.25) is 7.58 Å². The Bertz CT molecular complexity index is 4090. The zero-order chi connectivity index (χ0) is 63.8. The molecule has 7 atom stereocenters. The van der Waals surface area contributed by atoms with Gasteiger partial charge in [-0.3, -0.25) is 28.7 Å². The number of ether oxygens (including phenoxy) is 8. The molecule has 0 bridgehead atoms. The van der Waals surface area contributed by atoms with E-state index in [1.165, 1.54) is 32.9 Å². The number of hydrogen-bond donors (Lipinski definition) is 2. The van der Waals surface area contributed by atoms with Crippen LogP contribution in [0.3, 0.4) is 0 Å². The lowest BCUT2D eigenvalue weighted by Gasteiger charge is -2.39. The molecule has 472 valence electrons. The van der Waals surface area contributed by atoms with Crippen molar-refractivity contribution in [3.63, 3.8) is 0 Å². The minimum absolute atomic E-state index is 0.0960. The van der Waals surface area contributed by atoms with Crippen molar-refractivity contribution in [1.82, 2.24) is 19.1 Å². The van der Waals surface area contributed by atoms with Crippen molar-refractivity contribution < 1.29 is 46.9 Å². The summed E-state index contributed by atoms with van der Waals surface area (Å²) in [4.78, 5) is 58.2. The van der Waals surface area contributed by atoms with Gasteiger partial charge in [-0.25, -0.2) is 9.59 Å². The number of benzene rings is 7. The number of halogens is 2. The van der Waals surface area contributed by atoms with E-state index >= 15 is 0 Å². The molecule has 0 radical (unpaired) electrons. The Labute approximate surface area is 540 Å². The van der Waals surface area contributed by atoms with E-state index < -0.39 is 78.1 Å². The van der Waals surface area contributed by atoms with Gasteiger partial charge in [0.25, 0.3) is 11.1 Å². The van der Waals surface area contributed by atoms with Gasteiger partial charge in [0.05, 0.1) is 53.9 Å². The van der Waals surface area contributed by atoms with Crippen LogP contribution in [0.5, 0.6) is 23.0 Å². The second-order valence-corrected chi connectivity index (χ2v) is 25.8. The Morgan fingerprint density at radius 3 is 1.37 bits per heavy atom. The first-order valence-corrected chi connectivity index (χ1v) is 32.8. The van der Waals surface area contributed by atoms with Crippen molar-refractivity contribution in [2.75, 3.05) is 41.7 Å². The number of methoxy groups -OCH3 is 4. The van der Waals surface area contributed by atoms with Crippen LogP contribution in [-0.4, -0.2) is 85.2 Å². The number of aromatic amines is 2. The molecule has 1 unspecified atom stereocenters. The molecule has 91 heavy (non-hydrogen) atoms. The molecule has 18 nitrogen and oxygen atoms in total. The molecule has 2 aromatic heterocycles. The van der Waals surface area contributed by atoms with Crippen LogP contribution in [0.1, 0.15) is 75.4 Å². The van der Waals surface area contributed by atoms with E-state index in [1.54, 1.807) is 54.4 Å². The largest absolute Gasteiger partial charge is 0.497 e. The summed E-state index contributed by atoms with van der Waals surface area (Å²) in [6, 6.07) is 55.5. The van der Waals surface area contributed by atoms with E-state index in [0.717, 1.165) is 38.9 Å². The zero-order valence-electron chi connectivity index (χ0n) is 50.6. The predicted molar refractivity (Wildman–Crippen MR) is 350 cm³/mol. The molecule has 2 N–H and O–H groups in total. The Morgan fingerprint density at radius 2 is 0.934 bits per heavy atom. The first-order valence-electron chi connectivity index (χ1n) is 29.3. The highest BCUT2D eigenvalue weighted by atomic mass is 35.5. The van der Waals surface area contributed by atoms with E-state index in [2.05, 4.69) is 9.97 Å². The molecule has 9 aromatic rings. The SMILES string of the molecule is COc1ccc(C(OC[C@H]2O[C@@H](n3cc(C)c(=O)[nH]c3=O)C[C@@H]2OP(OC[C@H]2O[C@@H](n3cc(C)c(=O)[nH]c3=O)C[C@@H]2OC(c2ccccc2)(c2ccc(OC)cc2)c2ccc(OC)cc2)SCc2ccc(Cl)cc2Cl)(c2ccccc2)c2ccc(OC)cc2)cc1. The van der Waals surface area contributed by atoms with Crippen LogP contribution in [0, 0.1) is 13.8 Å². The van der Waals surface area contributed by atoms with Gasteiger partial charge in [0.15, 0.2) is 0 Å². The lowest BCUT2D eigenvalue weighted by atomic mass is 9.79. The van der Waals surface area contributed by atoms with Gasteiger partial charge in [-0.1, -0.05) is 150 Å². The molecule has 11 rings (SSSR count). The van der Waals surface area contributed by atoms with E-state index in [-0.39, 0.29) is 31.8 Å². The van der Waals surface area contributed by atoms with Crippen LogP contribution in [0.4, 0.5) is 0 Å². The third-order valence-electron chi connectivity index (χ3n) is 16.3. The van der Waals surface area contributed by atoms with Gasteiger partial charge < -0.3 is 46.9 Å². The summed E-state index contributed by atoms with van der Waals surface area (Å²) >= 11 is 14.6. The fraction of sp³-hybridized carbons (Fsp3) is 0.275. The number of aromatic nitrogens is 4. The van der Waals surface area contributed by atoms with E-state index in [1.807, 2.05) is 164 Å². The molecular formula is C69H67Cl2N4O14PS. The average Bonchev–Trinajstić information content (AvgIpc) is 1.56. The number of rotatable bonds is 25. The molecular weight excluding hydrogens is 1240 g/mol. The lowest BCUT2D eigenvalue weighted by Crippen LogP contribution is -2.41. The maximum Gasteiger partial charge on any atom is 0.330 e. The summed E-state index contributed by atoms with van der Waals surface area (Å²) in [7, 11) is 4.33. The normalized spacial score (nSPS) is 18.6. The minimum Gasteiger partial charge on any atom is -0.497 e. The van der Waals surface area contributed by atoms with Gasteiger partial charge in [-0.05, 0) is 113 Å². The van der Waals surface area contributed by atoms with Crippen molar-refractivity contribution in [3.05, 3.63) is 290 Å². The number of hydrogen-bond acceptors (Lipinski definition) is 15. The standard InChI is InChI=1S/C69H67Cl2N4O14PS/c1-43-38-74(66(78)72-64(43)76)62-36-58(88-69(47-15-11-8-12-16-47,50-22-31-55(82-5)32-23-50)51-24-33-56(83-6)34-25-51)61(87-62)41-85-90(91-42-45-17-26-52(70)35-57(45)71)89-59-37-63(75-39-44(2)65(77)73-67(75)79)86-60(59)40-84-68(46-13-9-7-10-14-46,48-18-27-53(80-3)28-19-48)49-20-29-54(81-4)30-21-49/h7-35,38-39,58-63H,36-37,40-42H2,1-6H3,(H,72,76,78)(H,73,77,79)/t58-,59-,60+,61+,62+,63+,90?/m0/s1. The fourth-order valence-corrected chi connectivity index (χ4v) is 15.1. The zero-order valence-corrected chi connectivity index (χ0v) is 53.8. The van der Waals surface area contributed by atoms with Crippen molar-refractivity contribution in [3.8, 4) is 23.0 Å². The van der Waals surface area contributed by atoms with Crippen molar-refractivity contribution in [1.29, 1.82) is 0 Å². The van der Waals surface area contributed by atoms with Crippen molar-refractivity contribution in [2.24, 2.45) is 0 Å². The number of nitrogens with one attached hydrogen (secondary N) is 2. The molecule has 22 heteroatoms. The highest BCUT2D eigenvalue weighted by Gasteiger charge is 2.48. The second kappa shape index (κ2) is 28.8. The average molecular weight is 1310 g/mol. The molecule has 0 spiro atoms. The van der Waals surface area contributed by atoms with Crippen LogP contribution in [0.25, 0.3) is 0 Å². The number of aryl methyl sites for hydroxylation is 2. The van der Waals surface area contributed by atoms with Gasteiger partial charge in [-0.15, -0.1) is 0 Å². The van der Waals surface area contributed by atoms with Gasteiger partial charge in [0.1, 0.15) is 58.9 Å². The van der Waals surface area contributed by atoms with E-state index in [4.69, 9.17) is 70.1 Å². The summed E-state index contributed by atoms with van der Waals surface area (Å²) < 4.78 is 68.8. The highest BCUT2D eigenvalue weighted by molar-refractivity contribution is 8.52. The summed E-state index contributed by atoms with van der Waals surface area (Å²) in [6.45, 7) is 2.95. The summed E-state index contributed by atoms with van der Waals surface area (Å²) in [5.74, 6) is 2.84. The van der Waals surface area contributed by atoms with Crippen molar-refractivity contribution >= 4 is 42.2 Å².